The van der Waals surface area contributed by atoms with Crippen LogP contribution in [0, 0.1) is 6.92 Å². The Balaban J connectivity index is 2.03. The van der Waals surface area contributed by atoms with E-state index in [1.807, 2.05) is 0 Å². The predicted octanol–water partition coefficient (Wildman–Crippen LogP) is 6.73. The van der Waals surface area contributed by atoms with Crippen LogP contribution in [0.25, 0.3) is 16.9 Å². The van der Waals surface area contributed by atoms with Gasteiger partial charge in [-0.05, 0) is 66.8 Å². The van der Waals surface area contributed by atoms with Crippen molar-refractivity contribution in [1.82, 2.24) is 4.57 Å². The number of nitrogens with zero attached hydrogens (tertiary/aromatic N) is 1. The minimum Gasteiger partial charge on any atom is -0.314 e. The average Bonchev–Trinajstić information content (AvgIpc) is 2.96. The summed E-state index contributed by atoms with van der Waals surface area (Å²) < 4.78 is 3.43. The molecule has 0 saturated heterocycles. The van der Waals surface area contributed by atoms with Crippen molar-refractivity contribution in [1.29, 1.82) is 0 Å². The Morgan fingerprint density at radius 2 is 1.57 bits per heavy atom. The van der Waals surface area contributed by atoms with Gasteiger partial charge >= 0.3 is 0 Å². The number of benzene rings is 2. The molecule has 0 aliphatic heterocycles. The maximum atomic E-state index is 3.51. The lowest BCUT2D eigenvalue weighted by molar-refractivity contribution is 0.733. The second-order valence-electron chi connectivity index (χ2n) is 6.10. The van der Waals surface area contributed by atoms with Crippen molar-refractivity contribution in [2.45, 2.75) is 33.1 Å². The molecule has 3 aromatic rings. The number of hydrogen-bond donors (Lipinski definition) is 0. The van der Waals surface area contributed by atoms with Gasteiger partial charge in [0.1, 0.15) is 0 Å². The molecule has 0 aliphatic carbocycles. The van der Waals surface area contributed by atoms with Crippen molar-refractivity contribution in [2.24, 2.45) is 0 Å². The van der Waals surface area contributed by atoms with Crippen LogP contribution < -0.4 is 0 Å². The van der Waals surface area contributed by atoms with Crippen molar-refractivity contribution >= 4 is 15.9 Å². The molecule has 118 valence electrons. The molecular formula is C21H22BrN. The second kappa shape index (κ2) is 6.76. The zero-order valence-corrected chi connectivity index (χ0v) is 15.5. The van der Waals surface area contributed by atoms with Gasteiger partial charge in [-0.15, -0.1) is 0 Å². The number of aryl methyl sites for hydroxylation is 1. The van der Waals surface area contributed by atoms with E-state index in [0.29, 0.717) is 5.92 Å². The van der Waals surface area contributed by atoms with Gasteiger partial charge in [-0.2, -0.15) is 0 Å². The summed E-state index contributed by atoms with van der Waals surface area (Å²) in [5.41, 5.74) is 6.33. The number of halogens is 1. The van der Waals surface area contributed by atoms with Gasteiger partial charge in [0.15, 0.2) is 0 Å². The third-order valence-corrected chi connectivity index (χ3v) is 5.08. The van der Waals surface area contributed by atoms with Gasteiger partial charge < -0.3 is 4.57 Å². The lowest BCUT2D eigenvalue weighted by atomic mass is 9.98. The Morgan fingerprint density at radius 3 is 2.17 bits per heavy atom. The highest BCUT2D eigenvalue weighted by atomic mass is 79.9. The van der Waals surface area contributed by atoms with E-state index in [1.54, 1.807) is 0 Å². The first kappa shape index (κ1) is 16.1. The summed E-state index contributed by atoms with van der Waals surface area (Å²) in [5.74, 6) is 0.612. The highest BCUT2D eigenvalue weighted by molar-refractivity contribution is 9.10. The van der Waals surface area contributed by atoms with Crippen LogP contribution in [0.5, 0.6) is 0 Å². The van der Waals surface area contributed by atoms with Gasteiger partial charge in [0.25, 0.3) is 0 Å². The van der Waals surface area contributed by atoms with E-state index < -0.39 is 0 Å². The van der Waals surface area contributed by atoms with Gasteiger partial charge in [0.05, 0.1) is 5.69 Å². The standard InChI is InChI=1S/C21H22BrN/c1-4-15(2)17-8-12-20(13-9-17)23-16(3)5-14-21(23)18-6-10-19(22)11-7-18/h5-15H,4H2,1-3H3/t15-/m0/s1. The molecule has 23 heavy (non-hydrogen) atoms. The average molecular weight is 368 g/mol. The van der Waals surface area contributed by atoms with E-state index in [0.717, 1.165) is 4.47 Å². The maximum Gasteiger partial charge on any atom is 0.0531 e. The lowest BCUT2D eigenvalue weighted by Crippen LogP contribution is -2.00. The van der Waals surface area contributed by atoms with E-state index in [1.165, 1.54) is 34.6 Å². The summed E-state index contributed by atoms with van der Waals surface area (Å²) in [5, 5.41) is 0. The molecule has 2 aromatic carbocycles. The molecule has 1 heterocycles. The van der Waals surface area contributed by atoms with Crippen molar-refractivity contribution in [3.05, 3.63) is 76.4 Å². The van der Waals surface area contributed by atoms with Crippen molar-refractivity contribution < 1.29 is 0 Å². The highest BCUT2D eigenvalue weighted by Gasteiger charge is 2.10. The third kappa shape index (κ3) is 3.28. The van der Waals surface area contributed by atoms with E-state index in [4.69, 9.17) is 0 Å². The fourth-order valence-electron chi connectivity index (χ4n) is 2.91. The van der Waals surface area contributed by atoms with Gasteiger partial charge in [-0.1, -0.05) is 54.0 Å². The van der Waals surface area contributed by atoms with E-state index in [9.17, 15) is 0 Å². The Bertz CT molecular complexity index is 782. The van der Waals surface area contributed by atoms with Crippen molar-refractivity contribution in [3.8, 4) is 16.9 Å². The molecule has 0 aliphatic rings. The molecule has 2 heteroatoms. The molecule has 0 bridgehead atoms. The molecule has 1 atom stereocenters. The van der Waals surface area contributed by atoms with E-state index >= 15 is 0 Å². The molecule has 0 N–H and O–H groups in total. The Kier molecular flexibility index (Phi) is 4.72. The quantitative estimate of drug-likeness (QED) is 0.481. The summed E-state index contributed by atoms with van der Waals surface area (Å²) in [7, 11) is 0. The monoisotopic (exact) mass is 367 g/mol. The predicted molar refractivity (Wildman–Crippen MR) is 102 cm³/mol. The summed E-state index contributed by atoms with van der Waals surface area (Å²) in [4.78, 5) is 0. The van der Waals surface area contributed by atoms with E-state index in [2.05, 4.69) is 102 Å². The van der Waals surface area contributed by atoms with Crippen LogP contribution in [-0.2, 0) is 0 Å². The van der Waals surface area contributed by atoms with Crippen LogP contribution in [0.15, 0.2) is 65.1 Å². The third-order valence-electron chi connectivity index (χ3n) is 4.55. The topological polar surface area (TPSA) is 4.93 Å². The number of rotatable bonds is 4. The first-order valence-corrected chi connectivity index (χ1v) is 8.94. The van der Waals surface area contributed by atoms with Crippen LogP contribution in [0.1, 0.15) is 37.4 Å². The maximum absolute atomic E-state index is 3.51. The largest absolute Gasteiger partial charge is 0.314 e. The number of hydrogen-bond acceptors (Lipinski definition) is 0. The summed E-state index contributed by atoms with van der Waals surface area (Å²) in [6.07, 6.45) is 1.17. The van der Waals surface area contributed by atoms with Crippen molar-refractivity contribution in [3.63, 3.8) is 0 Å². The molecule has 0 amide bonds. The van der Waals surface area contributed by atoms with Gasteiger partial charge in [-0.3, -0.25) is 0 Å². The molecule has 0 unspecified atom stereocenters. The second-order valence-corrected chi connectivity index (χ2v) is 7.02. The van der Waals surface area contributed by atoms with Gasteiger partial charge in [0, 0.05) is 15.9 Å². The van der Waals surface area contributed by atoms with Crippen LogP contribution in [-0.4, -0.2) is 4.57 Å². The molecule has 1 aromatic heterocycles. The van der Waals surface area contributed by atoms with Gasteiger partial charge in [0.2, 0.25) is 0 Å². The Labute approximate surface area is 147 Å². The molecule has 0 saturated carbocycles. The summed E-state index contributed by atoms with van der Waals surface area (Å²) >= 11 is 3.51. The molecular weight excluding hydrogens is 346 g/mol. The minimum atomic E-state index is 0.612. The summed E-state index contributed by atoms with van der Waals surface area (Å²) in [6.45, 7) is 6.68. The Hall–Kier alpha value is -1.80. The van der Waals surface area contributed by atoms with Crippen LogP contribution in [0.4, 0.5) is 0 Å². The zero-order valence-electron chi connectivity index (χ0n) is 13.9. The molecule has 1 nitrogen and oxygen atoms in total. The van der Waals surface area contributed by atoms with Crippen LogP contribution in [0.2, 0.25) is 0 Å². The van der Waals surface area contributed by atoms with Crippen molar-refractivity contribution in [2.75, 3.05) is 0 Å². The Morgan fingerprint density at radius 1 is 0.913 bits per heavy atom. The minimum absolute atomic E-state index is 0.612. The molecule has 3 rings (SSSR count). The molecule has 0 radical (unpaired) electrons. The molecule has 0 spiro atoms. The van der Waals surface area contributed by atoms with Crippen LogP contribution in [0.3, 0.4) is 0 Å². The fraction of sp³-hybridized carbons (Fsp3) is 0.238. The fourth-order valence-corrected chi connectivity index (χ4v) is 3.18. The normalized spacial score (nSPS) is 12.3. The first-order chi connectivity index (χ1) is 11.1. The lowest BCUT2D eigenvalue weighted by Gasteiger charge is -2.14. The first-order valence-electron chi connectivity index (χ1n) is 8.14. The van der Waals surface area contributed by atoms with Crippen LogP contribution >= 0.6 is 15.9 Å². The SMILES string of the molecule is CC[C@H](C)c1ccc(-n2c(C)ccc2-c2ccc(Br)cc2)cc1. The molecule has 0 fully saturated rings. The highest BCUT2D eigenvalue weighted by Crippen LogP contribution is 2.28. The smallest absolute Gasteiger partial charge is 0.0531 e. The van der Waals surface area contributed by atoms with E-state index in [-0.39, 0.29) is 0 Å². The number of aromatic nitrogens is 1. The van der Waals surface area contributed by atoms with Gasteiger partial charge in [-0.25, -0.2) is 0 Å². The summed E-state index contributed by atoms with van der Waals surface area (Å²) in [6, 6.07) is 21.9. The zero-order chi connectivity index (χ0) is 16.4.